The second-order valence-electron chi connectivity index (χ2n) is 5.54. The zero-order chi connectivity index (χ0) is 13.3. The lowest BCUT2D eigenvalue weighted by Gasteiger charge is -2.33. The highest BCUT2D eigenvalue weighted by Crippen LogP contribution is 2.10. The highest BCUT2D eigenvalue weighted by atomic mass is 15.2. The zero-order valence-corrected chi connectivity index (χ0v) is 12.3. The van der Waals surface area contributed by atoms with E-state index in [-0.39, 0.29) is 0 Å². The maximum Gasteiger partial charge on any atom is 0.0601 e. The van der Waals surface area contributed by atoms with E-state index < -0.39 is 0 Å². The lowest BCUT2D eigenvalue weighted by atomic mass is 10.0. The molecule has 0 aromatic carbocycles. The average Bonchev–Trinajstić information content (AvgIpc) is 2.23. The van der Waals surface area contributed by atoms with Gasteiger partial charge in [-0.05, 0) is 31.3 Å². The standard InChI is InChI=1S/C15H30N2/c1-7-9-17(10-8-2)15(14(5)6)12-16-11-13(3)4/h1,13-16H,8-12H2,2-6H3. The molecule has 2 nitrogen and oxygen atoms in total. The number of hydrogen-bond donors (Lipinski definition) is 1. The molecular weight excluding hydrogens is 208 g/mol. The molecule has 0 saturated heterocycles. The van der Waals surface area contributed by atoms with Crippen molar-refractivity contribution < 1.29 is 0 Å². The number of terminal acetylenes is 1. The molecular formula is C15H30N2. The minimum absolute atomic E-state index is 0.546. The summed E-state index contributed by atoms with van der Waals surface area (Å²) in [5.41, 5.74) is 0. The van der Waals surface area contributed by atoms with Crippen molar-refractivity contribution in [3.8, 4) is 12.3 Å². The Labute approximate surface area is 108 Å². The molecule has 0 aliphatic rings. The summed E-state index contributed by atoms with van der Waals surface area (Å²) in [6.07, 6.45) is 6.62. The minimum Gasteiger partial charge on any atom is -0.315 e. The van der Waals surface area contributed by atoms with Crippen molar-refractivity contribution in [2.24, 2.45) is 11.8 Å². The van der Waals surface area contributed by atoms with Crippen LogP contribution in [-0.4, -0.2) is 37.1 Å². The first kappa shape index (κ1) is 16.5. The molecule has 1 atom stereocenters. The fourth-order valence-corrected chi connectivity index (χ4v) is 2.07. The molecule has 17 heavy (non-hydrogen) atoms. The van der Waals surface area contributed by atoms with Gasteiger partial charge in [-0.3, -0.25) is 4.90 Å². The molecule has 0 aromatic rings. The van der Waals surface area contributed by atoms with Crippen LogP contribution in [0.1, 0.15) is 41.0 Å². The SMILES string of the molecule is C#CCN(CCC)C(CNCC(C)C)C(C)C. The summed E-state index contributed by atoms with van der Waals surface area (Å²) in [6.45, 7) is 15.2. The van der Waals surface area contributed by atoms with E-state index in [1.54, 1.807) is 0 Å². The zero-order valence-electron chi connectivity index (χ0n) is 12.3. The minimum atomic E-state index is 0.546. The van der Waals surface area contributed by atoms with Gasteiger partial charge in [-0.2, -0.15) is 0 Å². The molecule has 1 unspecified atom stereocenters. The molecule has 1 N–H and O–H groups in total. The van der Waals surface area contributed by atoms with Crippen LogP contribution in [0.25, 0.3) is 0 Å². The topological polar surface area (TPSA) is 15.3 Å². The Bertz CT molecular complexity index is 215. The third-order valence-corrected chi connectivity index (χ3v) is 2.95. The summed E-state index contributed by atoms with van der Waals surface area (Å²) in [6, 6.07) is 0.546. The van der Waals surface area contributed by atoms with Gasteiger partial charge in [-0.15, -0.1) is 6.42 Å². The van der Waals surface area contributed by atoms with Crippen LogP contribution < -0.4 is 5.32 Å². The molecule has 0 rings (SSSR count). The first-order valence-corrected chi connectivity index (χ1v) is 6.91. The van der Waals surface area contributed by atoms with Gasteiger partial charge in [0.1, 0.15) is 0 Å². The molecule has 0 bridgehead atoms. The molecule has 0 aliphatic heterocycles. The first-order chi connectivity index (χ1) is 8.02. The van der Waals surface area contributed by atoms with Gasteiger partial charge in [0.15, 0.2) is 0 Å². The van der Waals surface area contributed by atoms with E-state index >= 15 is 0 Å². The molecule has 0 heterocycles. The third-order valence-electron chi connectivity index (χ3n) is 2.95. The molecule has 0 fully saturated rings. The Kier molecular flexibility index (Phi) is 9.21. The summed E-state index contributed by atoms with van der Waals surface area (Å²) in [5, 5.41) is 3.55. The molecule has 0 radical (unpaired) electrons. The molecule has 0 spiro atoms. The van der Waals surface area contributed by atoms with Gasteiger partial charge in [0.2, 0.25) is 0 Å². The van der Waals surface area contributed by atoms with Crippen molar-refractivity contribution in [2.45, 2.75) is 47.1 Å². The van der Waals surface area contributed by atoms with E-state index in [0.29, 0.717) is 17.9 Å². The van der Waals surface area contributed by atoms with Crippen molar-refractivity contribution in [2.75, 3.05) is 26.2 Å². The van der Waals surface area contributed by atoms with Gasteiger partial charge in [0, 0.05) is 12.6 Å². The van der Waals surface area contributed by atoms with Crippen molar-refractivity contribution >= 4 is 0 Å². The van der Waals surface area contributed by atoms with Crippen LogP contribution >= 0.6 is 0 Å². The van der Waals surface area contributed by atoms with Crippen LogP contribution in [0.3, 0.4) is 0 Å². The fraction of sp³-hybridized carbons (Fsp3) is 0.867. The molecule has 0 aromatic heterocycles. The second kappa shape index (κ2) is 9.50. The monoisotopic (exact) mass is 238 g/mol. The molecule has 0 amide bonds. The summed E-state index contributed by atoms with van der Waals surface area (Å²) in [4.78, 5) is 2.43. The highest BCUT2D eigenvalue weighted by Gasteiger charge is 2.20. The van der Waals surface area contributed by atoms with E-state index in [4.69, 9.17) is 6.42 Å². The fourth-order valence-electron chi connectivity index (χ4n) is 2.07. The second-order valence-corrected chi connectivity index (χ2v) is 5.54. The Morgan fingerprint density at radius 1 is 1.18 bits per heavy atom. The van der Waals surface area contributed by atoms with Crippen molar-refractivity contribution in [1.29, 1.82) is 0 Å². The number of hydrogen-bond acceptors (Lipinski definition) is 2. The van der Waals surface area contributed by atoms with Crippen molar-refractivity contribution in [3.63, 3.8) is 0 Å². The summed E-state index contributed by atoms with van der Waals surface area (Å²) >= 11 is 0. The van der Waals surface area contributed by atoms with Gasteiger partial charge in [0.05, 0.1) is 6.54 Å². The van der Waals surface area contributed by atoms with Gasteiger partial charge in [-0.1, -0.05) is 40.5 Å². The Hall–Kier alpha value is -0.520. The maximum absolute atomic E-state index is 5.46. The normalized spacial score (nSPS) is 13.4. The van der Waals surface area contributed by atoms with Gasteiger partial charge in [0.25, 0.3) is 0 Å². The van der Waals surface area contributed by atoms with E-state index in [9.17, 15) is 0 Å². The smallest absolute Gasteiger partial charge is 0.0601 e. The number of nitrogens with zero attached hydrogens (tertiary/aromatic N) is 1. The third kappa shape index (κ3) is 7.41. The lowest BCUT2D eigenvalue weighted by Crippen LogP contribution is -2.46. The van der Waals surface area contributed by atoms with E-state index in [1.165, 1.54) is 0 Å². The van der Waals surface area contributed by atoms with Crippen LogP contribution in [0.2, 0.25) is 0 Å². The van der Waals surface area contributed by atoms with Crippen LogP contribution in [0.15, 0.2) is 0 Å². The van der Waals surface area contributed by atoms with Crippen LogP contribution in [0.5, 0.6) is 0 Å². The van der Waals surface area contributed by atoms with Crippen LogP contribution in [0.4, 0.5) is 0 Å². The van der Waals surface area contributed by atoms with E-state index in [2.05, 4.69) is 50.8 Å². The van der Waals surface area contributed by atoms with Crippen molar-refractivity contribution in [3.05, 3.63) is 0 Å². The number of rotatable bonds is 9. The van der Waals surface area contributed by atoms with E-state index in [0.717, 1.165) is 32.6 Å². The van der Waals surface area contributed by atoms with Gasteiger partial charge >= 0.3 is 0 Å². The summed E-state index contributed by atoms with van der Waals surface area (Å²) in [7, 11) is 0. The van der Waals surface area contributed by atoms with Crippen LogP contribution in [-0.2, 0) is 0 Å². The van der Waals surface area contributed by atoms with Crippen LogP contribution in [0, 0.1) is 24.2 Å². The quantitative estimate of drug-likeness (QED) is 0.621. The Morgan fingerprint density at radius 3 is 2.24 bits per heavy atom. The molecule has 2 heteroatoms. The number of nitrogens with one attached hydrogen (secondary N) is 1. The first-order valence-electron chi connectivity index (χ1n) is 6.91. The lowest BCUT2D eigenvalue weighted by molar-refractivity contribution is 0.169. The molecule has 100 valence electrons. The summed E-state index contributed by atoms with van der Waals surface area (Å²) in [5.74, 6) is 4.12. The predicted octanol–water partition coefficient (Wildman–Crippen LogP) is 2.60. The van der Waals surface area contributed by atoms with Gasteiger partial charge in [-0.25, -0.2) is 0 Å². The average molecular weight is 238 g/mol. The van der Waals surface area contributed by atoms with Crippen molar-refractivity contribution in [1.82, 2.24) is 10.2 Å². The van der Waals surface area contributed by atoms with E-state index in [1.807, 2.05) is 0 Å². The highest BCUT2D eigenvalue weighted by molar-refractivity contribution is 4.91. The largest absolute Gasteiger partial charge is 0.315 e. The Balaban J connectivity index is 4.30. The predicted molar refractivity (Wildman–Crippen MR) is 77.0 cm³/mol. The Morgan fingerprint density at radius 2 is 1.82 bits per heavy atom. The summed E-state index contributed by atoms with van der Waals surface area (Å²) < 4.78 is 0. The molecule has 0 aliphatic carbocycles. The maximum atomic E-state index is 5.46. The van der Waals surface area contributed by atoms with Gasteiger partial charge < -0.3 is 5.32 Å². The molecule has 0 saturated carbocycles.